The van der Waals surface area contributed by atoms with Crippen LogP contribution in [0.1, 0.15) is 19.8 Å². The number of halogens is 1. The first-order valence-electron chi connectivity index (χ1n) is 8.97. The molecule has 1 aliphatic heterocycles. The number of imide groups is 1. The Hall–Kier alpha value is -2.66. The molecule has 3 amide bonds. The number of carbonyl (C=O) groups excluding carboxylic acids is 3. The van der Waals surface area contributed by atoms with Crippen molar-refractivity contribution in [2.45, 2.75) is 25.8 Å². The van der Waals surface area contributed by atoms with Crippen LogP contribution in [0.2, 0.25) is 0 Å². The van der Waals surface area contributed by atoms with Gasteiger partial charge in [0.15, 0.2) is 0 Å². The standard InChI is InChI=1S/C21H19ClN2O3/c1-12(24-20(26)16-10-9-14(22)11-17(16)21(24)27)19(25)23-18-8-4-6-13-5-2-3-7-15(13)18/h2-9,12,16-17H,10-11H2,1H3,(H,23,25)/t12-,16-,17-/m0/s1. The number of nitrogens with zero attached hydrogens (tertiary/aromatic N) is 1. The van der Waals surface area contributed by atoms with Crippen molar-refractivity contribution in [3.63, 3.8) is 0 Å². The molecule has 2 aromatic carbocycles. The number of hydrogen-bond acceptors (Lipinski definition) is 3. The van der Waals surface area contributed by atoms with Crippen LogP contribution >= 0.6 is 11.6 Å². The highest BCUT2D eigenvalue weighted by molar-refractivity contribution is 6.30. The summed E-state index contributed by atoms with van der Waals surface area (Å²) in [6, 6.07) is 12.5. The monoisotopic (exact) mass is 382 g/mol. The van der Waals surface area contributed by atoms with Crippen LogP contribution in [0.4, 0.5) is 5.69 Å². The molecule has 1 fully saturated rings. The number of rotatable bonds is 3. The van der Waals surface area contributed by atoms with Crippen molar-refractivity contribution in [3.8, 4) is 0 Å². The minimum absolute atomic E-state index is 0.286. The number of allylic oxidation sites excluding steroid dienone is 2. The van der Waals surface area contributed by atoms with Gasteiger partial charge in [-0.1, -0.05) is 54.1 Å². The van der Waals surface area contributed by atoms with Gasteiger partial charge in [0, 0.05) is 16.1 Å². The van der Waals surface area contributed by atoms with Gasteiger partial charge in [-0.3, -0.25) is 19.3 Å². The maximum Gasteiger partial charge on any atom is 0.247 e. The zero-order valence-corrected chi connectivity index (χ0v) is 15.6. The highest BCUT2D eigenvalue weighted by Crippen LogP contribution is 2.39. The quantitative estimate of drug-likeness (QED) is 0.823. The van der Waals surface area contributed by atoms with Crippen LogP contribution < -0.4 is 5.32 Å². The summed E-state index contributed by atoms with van der Waals surface area (Å²) in [5, 5.41) is 5.38. The van der Waals surface area contributed by atoms with E-state index in [9.17, 15) is 14.4 Å². The number of anilines is 1. The smallest absolute Gasteiger partial charge is 0.247 e. The van der Waals surface area contributed by atoms with Gasteiger partial charge in [0.1, 0.15) is 6.04 Å². The first kappa shape index (κ1) is 17.7. The molecular weight excluding hydrogens is 364 g/mol. The van der Waals surface area contributed by atoms with Crippen molar-refractivity contribution in [3.05, 3.63) is 53.6 Å². The van der Waals surface area contributed by atoms with E-state index < -0.39 is 17.9 Å². The highest BCUT2D eigenvalue weighted by Gasteiger charge is 2.51. The first-order valence-corrected chi connectivity index (χ1v) is 9.35. The van der Waals surface area contributed by atoms with Gasteiger partial charge in [-0.2, -0.15) is 0 Å². The Morgan fingerprint density at radius 3 is 2.63 bits per heavy atom. The Balaban J connectivity index is 1.56. The molecule has 2 aromatic rings. The van der Waals surface area contributed by atoms with E-state index in [2.05, 4.69) is 5.32 Å². The van der Waals surface area contributed by atoms with Crippen molar-refractivity contribution in [1.29, 1.82) is 0 Å². The van der Waals surface area contributed by atoms with Crippen molar-refractivity contribution >= 4 is 45.8 Å². The van der Waals surface area contributed by atoms with E-state index in [1.165, 1.54) is 0 Å². The molecule has 27 heavy (non-hydrogen) atoms. The van der Waals surface area contributed by atoms with Gasteiger partial charge in [-0.25, -0.2) is 0 Å². The Bertz CT molecular complexity index is 979. The van der Waals surface area contributed by atoms with E-state index in [-0.39, 0.29) is 17.7 Å². The average molecular weight is 383 g/mol. The van der Waals surface area contributed by atoms with Crippen LogP contribution in [0.25, 0.3) is 10.8 Å². The van der Waals surface area contributed by atoms with Crippen LogP contribution in [0.15, 0.2) is 53.6 Å². The molecular formula is C21H19ClN2O3. The molecule has 0 saturated carbocycles. The van der Waals surface area contributed by atoms with Gasteiger partial charge in [-0.15, -0.1) is 0 Å². The van der Waals surface area contributed by atoms with Crippen LogP contribution in [0.3, 0.4) is 0 Å². The fraction of sp³-hybridized carbons (Fsp3) is 0.286. The summed E-state index contributed by atoms with van der Waals surface area (Å²) in [5.41, 5.74) is 0.658. The summed E-state index contributed by atoms with van der Waals surface area (Å²) in [4.78, 5) is 39.4. The van der Waals surface area contributed by atoms with Crippen molar-refractivity contribution in [2.24, 2.45) is 11.8 Å². The molecule has 1 saturated heterocycles. The molecule has 1 aliphatic carbocycles. The maximum absolute atomic E-state index is 12.8. The SMILES string of the molecule is C[C@@H](C(=O)Nc1cccc2ccccc12)N1C(=O)[C@H]2CC=C(Cl)C[C@@H]2C1=O. The van der Waals surface area contributed by atoms with E-state index in [0.717, 1.165) is 15.7 Å². The molecule has 0 unspecified atom stereocenters. The van der Waals surface area contributed by atoms with Gasteiger partial charge < -0.3 is 5.32 Å². The van der Waals surface area contributed by atoms with E-state index >= 15 is 0 Å². The second kappa shape index (κ2) is 6.82. The van der Waals surface area contributed by atoms with Crippen LogP contribution in [-0.2, 0) is 14.4 Å². The molecule has 6 heteroatoms. The lowest BCUT2D eigenvalue weighted by atomic mass is 9.85. The van der Waals surface area contributed by atoms with Gasteiger partial charge >= 0.3 is 0 Å². The molecule has 0 bridgehead atoms. The van der Waals surface area contributed by atoms with Gasteiger partial charge in [0.2, 0.25) is 17.7 Å². The topological polar surface area (TPSA) is 66.5 Å². The molecule has 0 spiro atoms. The Labute approximate surface area is 162 Å². The van der Waals surface area contributed by atoms with Crippen LogP contribution in [0, 0.1) is 11.8 Å². The van der Waals surface area contributed by atoms with E-state index in [1.807, 2.05) is 42.5 Å². The molecule has 4 rings (SSSR count). The second-order valence-electron chi connectivity index (χ2n) is 7.04. The van der Waals surface area contributed by atoms with Gasteiger partial charge in [0.05, 0.1) is 11.8 Å². The predicted molar refractivity (Wildman–Crippen MR) is 104 cm³/mol. The fourth-order valence-electron chi connectivity index (χ4n) is 3.92. The Morgan fingerprint density at radius 2 is 1.81 bits per heavy atom. The summed E-state index contributed by atoms with van der Waals surface area (Å²) in [5.74, 6) is -1.84. The number of fused-ring (bicyclic) bond motifs is 2. The number of amides is 3. The number of hydrogen-bond donors (Lipinski definition) is 1. The molecule has 1 heterocycles. The minimum atomic E-state index is -0.881. The predicted octanol–water partition coefficient (Wildman–Crippen LogP) is 3.68. The van der Waals surface area contributed by atoms with Crippen molar-refractivity contribution in [2.75, 3.05) is 5.32 Å². The highest BCUT2D eigenvalue weighted by atomic mass is 35.5. The summed E-state index contributed by atoms with van der Waals surface area (Å²) >= 11 is 6.05. The lowest BCUT2D eigenvalue weighted by Gasteiger charge is -2.22. The molecule has 3 atom stereocenters. The third-order valence-electron chi connectivity index (χ3n) is 5.42. The maximum atomic E-state index is 12.8. The van der Waals surface area contributed by atoms with Gasteiger partial charge in [0.25, 0.3) is 0 Å². The number of benzene rings is 2. The third-order valence-corrected chi connectivity index (χ3v) is 5.73. The zero-order chi connectivity index (χ0) is 19.1. The van der Waals surface area contributed by atoms with Crippen molar-refractivity contribution < 1.29 is 14.4 Å². The summed E-state index contributed by atoms with van der Waals surface area (Å²) in [6.45, 7) is 1.59. The lowest BCUT2D eigenvalue weighted by molar-refractivity contribution is -0.146. The fourth-order valence-corrected chi connectivity index (χ4v) is 4.18. The molecule has 5 nitrogen and oxygen atoms in total. The summed E-state index contributed by atoms with van der Waals surface area (Å²) < 4.78 is 0. The average Bonchev–Trinajstić information content (AvgIpc) is 2.91. The molecule has 138 valence electrons. The van der Waals surface area contributed by atoms with Gasteiger partial charge in [-0.05, 0) is 31.2 Å². The molecule has 1 N–H and O–H groups in total. The Kier molecular flexibility index (Phi) is 4.48. The van der Waals surface area contributed by atoms with Crippen LogP contribution in [0.5, 0.6) is 0 Å². The first-order chi connectivity index (χ1) is 13.0. The number of nitrogens with one attached hydrogen (secondary N) is 1. The van der Waals surface area contributed by atoms with Crippen molar-refractivity contribution in [1.82, 2.24) is 4.90 Å². The second-order valence-corrected chi connectivity index (χ2v) is 7.53. The zero-order valence-electron chi connectivity index (χ0n) is 14.8. The normalized spacial score (nSPS) is 23.2. The van der Waals surface area contributed by atoms with Crippen LogP contribution in [-0.4, -0.2) is 28.7 Å². The summed E-state index contributed by atoms with van der Waals surface area (Å²) in [6.07, 6.45) is 2.60. The largest absolute Gasteiger partial charge is 0.324 e. The molecule has 0 radical (unpaired) electrons. The van der Waals surface area contributed by atoms with E-state index in [4.69, 9.17) is 11.6 Å². The lowest BCUT2D eigenvalue weighted by Crippen LogP contribution is -2.46. The number of likely N-dealkylation sites (tertiary alicyclic amines) is 1. The third kappa shape index (κ3) is 3.02. The minimum Gasteiger partial charge on any atom is -0.324 e. The number of carbonyl (C=O) groups is 3. The van der Waals surface area contributed by atoms with E-state index in [0.29, 0.717) is 23.6 Å². The Morgan fingerprint density at radius 1 is 1.11 bits per heavy atom. The summed E-state index contributed by atoms with van der Waals surface area (Å²) in [7, 11) is 0. The molecule has 2 aliphatic rings. The molecule has 0 aromatic heterocycles. The van der Waals surface area contributed by atoms with E-state index in [1.54, 1.807) is 13.0 Å².